The summed E-state index contributed by atoms with van der Waals surface area (Å²) in [5, 5.41) is 0. The second kappa shape index (κ2) is 3.05. The van der Waals surface area contributed by atoms with E-state index in [1.165, 1.54) is 13.8 Å². The van der Waals surface area contributed by atoms with Crippen LogP contribution >= 0.6 is 0 Å². The molecule has 1 heterocycles. The molecule has 0 bridgehead atoms. The smallest absolute Gasteiger partial charge is 0.275 e. The second-order valence-corrected chi connectivity index (χ2v) is 3.33. The van der Waals surface area contributed by atoms with E-state index in [9.17, 15) is 8.78 Å². The van der Waals surface area contributed by atoms with Crippen LogP contribution in [0.3, 0.4) is 0 Å². The van der Waals surface area contributed by atoms with Crippen LogP contribution in [0.4, 0.5) is 8.78 Å². The first-order valence-electron chi connectivity index (χ1n) is 4.04. The third kappa shape index (κ3) is 1.70. The van der Waals surface area contributed by atoms with Crippen molar-refractivity contribution >= 4 is 0 Å². The number of ether oxygens (including phenoxy) is 1. The Morgan fingerprint density at radius 1 is 1.45 bits per heavy atom. The number of halogens is 2. The van der Waals surface area contributed by atoms with E-state index in [0.717, 1.165) is 6.42 Å². The van der Waals surface area contributed by atoms with Crippen LogP contribution < -0.4 is 0 Å². The van der Waals surface area contributed by atoms with Gasteiger partial charge in [-0.2, -0.15) is 0 Å². The SMILES string of the molecule is CC(C)C(F)(F)C1CCCO1. The minimum Gasteiger partial charge on any atom is -0.372 e. The lowest BCUT2D eigenvalue weighted by molar-refractivity contribution is -0.144. The van der Waals surface area contributed by atoms with E-state index < -0.39 is 17.9 Å². The Kier molecular flexibility index (Phi) is 2.47. The van der Waals surface area contributed by atoms with Gasteiger partial charge in [-0.1, -0.05) is 13.8 Å². The van der Waals surface area contributed by atoms with E-state index in [-0.39, 0.29) is 0 Å². The van der Waals surface area contributed by atoms with Gasteiger partial charge in [0.2, 0.25) is 0 Å². The van der Waals surface area contributed by atoms with Gasteiger partial charge in [0.05, 0.1) is 0 Å². The highest BCUT2D eigenvalue weighted by Crippen LogP contribution is 2.34. The van der Waals surface area contributed by atoms with Gasteiger partial charge in [0.15, 0.2) is 0 Å². The third-order valence-corrected chi connectivity index (χ3v) is 2.13. The molecule has 0 aromatic heterocycles. The minimum absolute atomic E-state index is 0.493. The van der Waals surface area contributed by atoms with Crippen molar-refractivity contribution in [2.75, 3.05) is 6.61 Å². The highest BCUT2D eigenvalue weighted by Gasteiger charge is 2.44. The summed E-state index contributed by atoms with van der Waals surface area (Å²) in [5.41, 5.74) is 0. The number of hydrogen-bond acceptors (Lipinski definition) is 1. The molecule has 1 nitrogen and oxygen atoms in total. The summed E-state index contributed by atoms with van der Waals surface area (Å²) in [4.78, 5) is 0. The summed E-state index contributed by atoms with van der Waals surface area (Å²) in [7, 11) is 0. The summed E-state index contributed by atoms with van der Waals surface area (Å²) in [6.07, 6.45) is 0.445. The zero-order valence-electron chi connectivity index (χ0n) is 6.94. The molecule has 1 atom stereocenters. The number of hydrogen-bond donors (Lipinski definition) is 0. The molecule has 1 fully saturated rings. The fourth-order valence-electron chi connectivity index (χ4n) is 1.25. The van der Waals surface area contributed by atoms with Crippen molar-refractivity contribution in [1.82, 2.24) is 0 Å². The van der Waals surface area contributed by atoms with Gasteiger partial charge in [-0.3, -0.25) is 0 Å². The molecule has 0 aromatic carbocycles. The Labute approximate surface area is 65.7 Å². The van der Waals surface area contributed by atoms with Crippen molar-refractivity contribution in [3.63, 3.8) is 0 Å². The molecule has 0 amide bonds. The monoisotopic (exact) mass is 164 g/mol. The first kappa shape index (κ1) is 8.91. The second-order valence-electron chi connectivity index (χ2n) is 3.33. The van der Waals surface area contributed by atoms with Crippen molar-refractivity contribution in [3.05, 3.63) is 0 Å². The number of alkyl halides is 2. The molecule has 1 unspecified atom stereocenters. The fraction of sp³-hybridized carbons (Fsp3) is 1.00. The Morgan fingerprint density at radius 2 is 2.09 bits per heavy atom. The van der Waals surface area contributed by atoms with Crippen LogP contribution in [0.1, 0.15) is 26.7 Å². The van der Waals surface area contributed by atoms with Gasteiger partial charge in [-0.15, -0.1) is 0 Å². The van der Waals surface area contributed by atoms with Crippen molar-refractivity contribution in [1.29, 1.82) is 0 Å². The van der Waals surface area contributed by atoms with Crippen molar-refractivity contribution in [2.45, 2.75) is 38.7 Å². The molecule has 1 aliphatic rings. The minimum atomic E-state index is -2.64. The largest absolute Gasteiger partial charge is 0.372 e. The average molecular weight is 164 g/mol. The van der Waals surface area contributed by atoms with Crippen LogP contribution in [0.15, 0.2) is 0 Å². The molecule has 0 N–H and O–H groups in total. The maximum absolute atomic E-state index is 13.1. The first-order valence-corrected chi connectivity index (χ1v) is 4.04. The molecule has 0 saturated carbocycles. The van der Waals surface area contributed by atoms with Crippen molar-refractivity contribution < 1.29 is 13.5 Å². The highest BCUT2D eigenvalue weighted by atomic mass is 19.3. The molecule has 3 heteroatoms. The van der Waals surface area contributed by atoms with Gasteiger partial charge in [0, 0.05) is 12.5 Å². The van der Waals surface area contributed by atoms with Gasteiger partial charge < -0.3 is 4.74 Å². The van der Waals surface area contributed by atoms with Gasteiger partial charge in [-0.05, 0) is 12.8 Å². The van der Waals surface area contributed by atoms with Crippen LogP contribution in [-0.4, -0.2) is 18.6 Å². The van der Waals surface area contributed by atoms with Gasteiger partial charge in [0.1, 0.15) is 6.10 Å². The zero-order chi connectivity index (χ0) is 8.48. The summed E-state index contributed by atoms with van der Waals surface area (Å²) < 4.78 is 31.2. The molecule has 1 saturated heterocycles. The Bertz CT molecular complexity index is 128. The molecule has 0 aliphatic carbocycles. The predicted molar refractivity (Wildman–Crippen MR) is 38.8 cm³/mol. The van der Waals surface area contributed by atoms with Gasteiger partial charge in [-0.25, -0.2) is 8.78 Å². The maximum Gasteiger partial charge on any atom is 0.275 e. The first-order chi connectivity index (χ1) is 5.05. The Balaban J connectivity index is 2.55. The van der Waals surface area contributed by atoms with Crippen molar-refractivity contribution in [3.8, 4) is 0 Å². The topological polar surface area (TPSA) is 9.23 Å². The Morgan fingerprint density at radius 3 is 2.45 bits per heavy atom. The van der Waals surface area contributed by atoms with E-state index in [0.29, 0.717) is 13.0 Å². The van der Waals surface area contributed by atoms with E-state index in [4.69, 9.17) is 4.74 Å². The molecule has 1 aliphatic heterocycles. The average Bonchev–Trinajstić information content (AvgIpc) is 2.37. The molecular weight excluding hydrogens is 150 g/mol. The van der Waals surface area contributed by atoms with E-state index >= 15 is 0 Å². The molecule has 66 valence electrons. The molecule has 0 aromatic rings. The Hall–Kier alpha value is -0.180. The van der Waals surface area contributed by atoms with Crippen LogP contribution in [0.2, 0.25) is 0 Å². The summed E-state index contributed by atoms with van der Waals surface area (Å²) in [6, 6.07) is 0. The lowest BCUT2D eigenvalue weighted by Crippen LogP contribution is -2.37. The third-order valence-electron chi connectivity index (χ3n) is 2.13. The van der Waals surface area contributed by atoms with Gasteiger partial charge in [0.25, 0.3) is 5.92 Å². The lowest BCUT2D eigenvalue weighted by atomic mass is 9.99. The molecule has 0 spiro atoms. The van der Waals surface area contributed by atoms with Crippen LogP contribution in [-0.2, 0) is 4.74 Å². The van der Waals surface area contributed by atoms with E-state index in [1.54, 1.807) is 0 Å². The highest BCUT2D eigenvalue weighted by molar-refractivity contribution is 4.83. The van der Waals surface area contributed by atoms with E-state index in [1.807, 2.05) is 0 Å². The maximum atomic E-state index is 13.1. The van der Waals surface area contributed by atoms with Crippen LogP contribution in [0.25, 0.3) is 0 Å². The summed E-state index contributed by atoms with van der Waals surface area (Å²) in [6.45, 7) is 3.55. The zero-order valence-corrected chi connectivity index (χ0v) is 6.94. The van der Waals surface area contributed by atoms with Crippen LogP contribution in [0.5, 0.6) is 0 Å². The summed E-state index contributed by atoms with van der Waals surface area (Å²) in [5.74, 6) is -3.26. The van der Waals surface area contributed by atoms with Crippen LogP contribution in [0, 0.1) is 5.92 Å². The fourth-order valence-corrected chi connectivity index (χ4v) is 1.25. The number of rotatable bonds is 2. The van der Waals surface area contributed by atoms with E-state index in [2.05, 4.69) is 0 Å². The van der Waals surface area contributed by atoms with Gasteiger partial charge >= 0.3 is 0 Å². The molecule has 0 radical (unpaired) electrons. The normalized spacial score (nSPS) is 26.5. The molecule has 1 rings (SSSR count). The standard InChI is InChI=1S/C8H14F2O/c1-6(2)8(9,10)7-4-3-5-11-7/h6-7H,3-5H2,1-2H3. The molecular formula is C8H14F2O. The lowest BCUT2D eigenvalue weighted by Gasteiger charge is -2.25. The molecule has 11 heavy (non-hydrogen) atoms. The predicted octanol–water partition coefficient (Wildman–Crippen LogP) is 2.46. The quantitative estimate of drug-likeness (QED) is 0.609. The summed E-state index contributed by atoms with van der Waals surface area (Å²) >= 11 is 0. The van der Waals surface area contributed by atoms with Crippen molar-refractivity contribution in [2.24, 2.45) is 5.92 Å².